The number of pyridine rings is 1. The normalized spacial score (nSPS) is 26.5. The number of piperidine rings is 1. The molecule has 28 heavy (non-hydrogen) atoms. The summed E-state index contributed by atoms with van der Waals surface area (Å²) < 4.78 is 0. The van der Waals surface area contributed by atoms with E-state index in [2.05, 4.69) is 50.6 Å². The van der Waals surface area contributed by atoms with E-state index in [1.54, 1.807) is 0 Å². The van der Waals surface area contributed by atoms with Crippen LogP contribution < -0.4 is 15.5 Å². The summed E-state index contributed by atoms with van der Waals surface area (Å²) in [4.78, 5) is 11.6. The summed E-state index contributed by atoms with van der Waals surface area (Å²) in [6, 6.07) is 7.44. The van der Waals surface area contributed by atoms with E-state index in [4.69, 9.17) is 0 Å². The molecule has 2 heterocycles. The van der Waals surface area contributed by atoms with Crippen molar-refractivity contribution in [3.63, 3.8) is 0 Å². The Morgan fingerprint density at radius 3 is 2.50 bits per heavy atom. The molecule has 2 unspecified atom stereocenters. The Hall–Kier alpha value is -1.05. The second kappa shape index (κ2) is 10.1. The number of aliphatic imine (C=N–C) groups is 1. The van der Waals surface area contributed by atoms with Crippen LogP contribution in [0.25, 0.3) is 0 Å². The lowest BCUT2D eigenvalue weighted by Gasteiger charge is -2.34. The molecule has 0 bridgehead atoms. The van der Waals surface area contributed by atoms with Gasteiger partial charge in [-0.2, -0.15) is 0 Å². The second-order valence-electron chi connectivity index (χ2n) is 8.66. The predicted molar refractivity (Wildman–Crippen MR) is 128 cm³/mol. The molecule has 1 aliphatic heterocycles. The van der Waals surface area contributed by atoms with E-state index in [-0.39, 0.29) is 24.0 Å². The molecule has 1 aromatic rings. The van der Waals surface area contributed by atoms with Crippen molar-refractivity contribution in [1.29, 1.82) is 0 Å². The first kappa shape index (κ1) is 21.7. The van der Waals surface area contributed by atoms with Gasteiger partial charge in [0.25, 0.3) is 0 Å². The van der Waals surface area contributed by atoms with Crippen molar-refractivity contribution in [2.24, 2.45) is 16.8 Å². The van der Waals surface area contributed by atoms with Crippen molar-refractivity contribution in [3.05, 3.63) is 23.9 Å². The highest BCUT2D eigenvalue weighted by molar-refractivity contribution is 14.0. The number of anilines is 1. The molecule has 4 rings (SSSR count). The van der Waals surface area contributed by atoms with Gasteiger partial charge in [-0.3, -0.25) is 4.99 Å². The number of guanidine groups is 1. The van der Waals surface area contributed by atoms with E-state index in [0.717, 1.165) is 55.2 Å². The molecule has 2 N–H and O–H groups in total. The van der Waals surface area contributed by atoms with Crippen LogP contribution in [0.2, 0.25) is 0 Å². The maximum Gasteiger partial charge on any atom is 0.191 e. The van der Waals surface area contributed by atoms with Gasteiger partial charge >= 0.3 is 0 Å². The fraction of sp³-hybridized carbons (Fsp3) is 0.727. The molecule has 1 aromatic heterocycles. The maximum absolute atomic E-state index is 4.67. The van der Waals surface area contributed by atoms with Crippen LogP contribution in [0.5, 0.6) is 0 Å². The summed E-state index contributed by atoms with van der Waals surface area (Å²) in [5.41, 5.74) is 1.09. The molecule has 1 saturated heterocycles. The summed E-state index contributed by atoms with van der Waals surface area (Å²) in [5.74, 6) is 3.97. The Morgan fingerprint density at radius 2 is 1.82 bits per heavy atom. The van der Waals surface area contributed by atoms with Crippen LogP contribution in [0.1, 0.15) is 57.1 Å². The summed E-state index contributed by atoms with van der Waals surface area (Å²) >= 11 is 0. The SMILES string of the molecule is CN=C(NC1CCN(c2cccc(C)n2)CC1)NC1CC1C1CCCCC1.I. The molecular weight excluding hydrogens is 461 g/mol. The first-order chi connectivity index (χ1) is 13.2. The minimum Gasteiger partial charge on any atom is -0.356 e. The molecule has 3 aliphatic rings. The topological polar surface area (TPSA) is 52.6 Å². The molecule has 6 heteroatoms. The van der Waals surface area contributed by atoms with Crippen molar-refractivity contribution in [1.82, 2.24) is 15.6 Å². The van der Waals surface area contributed by atoms with Gasteiger partial charge in [-0.05, 0) is 50.2 Å². The number of aryl methyl sites for hydroxylation is 1. The minimum absolute atomic E-state index is 0. The Bertz CT molecular complexity index is 650. The molecule has 0 amide bonds. The number of hydrogen-bond acceptors (Lipinski definition) is 3. The van der Waals surface area contributed by atoms with Crippen molar-refractivity contribution in [2.75, 3.05) is 25.0 Å². The van der Waals surface area contributed by atoms with Gasteiger partial charge in [0.2, 0.25) is 0 Å². The van der Waals surface area contributed by atoms with E-state index in [0.29, 0.717) is 12.1 Å². The zero-order valence-corrected chi connectivity index (χ0v) is 19.7. The fourth-order valence-electron chi connectivity index (χ4n) is 4.96. The summed E-state index contributed by atoms with van der Waals surface area (Å²) in [7, 11) is 1.90. The Kier molecular flexibility index (Phi) is 7.83. The second-order valence-corrected chi connectivity index (χ2v) is 8.66. The number of hydrogen-bond donors (Lipinski definition) is 2. The third-order valence-electron chi connectivity index (χ3n) is 6.67. The average Bonchev–Trinajstić information content (AvgIpc) is 3.48. The van der Waals surface area contributed by atoms with Gasteiger partial charge in [-0.15, -0.1) is 24.0 Å². The molecule has 2 saturated carbocycles. The lowest BCUT2D eigenvalue weighted by atomic mass is 9.85. The quantitative estimate of drug-likeness (QED) is 0.374. The van der Waals surface area contributed by atoms with Gasteiger partial charge in [-0.25, -0.2) is 4.98 Å². The highest BCUT2D eigenvalue weighted by Crippen LogP contribution is 2.44. The van der Waals surface area contributed by atoms with E-state index in [1.807, 2.05) is 7.05 Å². The number of rotatable bonds is 4. The van der Waals surface area contributed by atoms with Crippen molar-refractivity contribution in [2.45, 2.75) is 70.4 Å². The van der Waals surface area contributed by atoms with E-state index < -0.39 is 0 Å². The predicted octanol–water partition coefficient (Wildman–Crippen LogP) is 4.11. The monoisotopic (exact) mass is 497 g/mol. The highest BCUT2D eigenvalue weighted by Gasteiger charge is 2.43. The van der Waals surface area contributed by atoms with Crippen LogP contribution in [-0.2, 0) is 0 Å². The molecule has 156 valence electrons. The average molecular weight is 497 g/mol. The maximum atomic E-state index is 4.67. The zero-order valence-electron chi connectivity index (χ0n) is 17.4. The van der Waals surface area contributed by atoms with Crippen LogP contribution in [0.4, 0.5) is 5.82 Å². The lowest BCUT2D eigenvalue weighted by molar-refractivity contribution is 0.315. The van der Waals surface area contributed by atoms with Crippen LogP contribution >= 0.6 is 24.0 Å². The van der Waals surface area contributed by atoms with E-state index in [9.17, 15) is 0 Å². The number of nitrogens with zero attached hydrogens (tertiary/aromatic N) is 3. The standard InChI is InChI=1S/C22H35N5.HI/c1-16-7-6-10-21(24-16)27-13-11-18(12-14-27)25-22(23-2)26-20-15-19(20)17-8-4-3-5-9-17;/h6-7,10,17-20H,3-5,8-9,11-15H2,1-2H3,(H2,23,25,26);1H. The minimum atomic E-state index is 0. The summed E-state index contributed by atoms with van der Waals surface area (Å²) in [6.07, 6.45) is 10.8. The van der Waals surface area contributed by atoms with Gasteiger partial charge in [0.15, 0.2) is 5.96 Å². The first-order valence-corrected chi connectivity index (χ1v) is 10.9. The molecule has 0 aromatic carbocycles. The highest BCUT2D eigenvalue weighted by atomic mass is 127. The van der Waals surface area contributed by atoms with E-state index in [1.165, 1.54) is 38.5 Å². The van der Waals surface area contributed by atoms with Crippen molar-refractivity contribution < 1.29 is 0 Å². The number of nitrogens with one attached hydrogen (secondary N) is 2. The zero-order chi connectivity index (χ0) is 18.6. The Balaban J connectivity index is 0.00000225. The van der Waals surface area contributed by atoms with Gasteiger partial charge in [0, 0.05) is 37.9 Å². The van der Waals surface area contributed by atoms with Crippen LogP contribution in [-0.4, -0.2) is 43.2 Å². The first-order valence-electron chi connectivity index (χ1n) is 10.9. The van der Waals surface area contributed by atoms with Gasteiger partial charge in [-0.1, -0.05) is 38.2 Å². The molecule has 5 nitrogen and oxygen atoms in total. The van der Waals surface area contributed by atoms with Crippen LogP contribution in [0.15, 0.2) is 23.2 Å². The van der Waals surface area contributed by atoms with Crippen molar-refractivity contribution in [3.8, 4) is 0 Å². The summed E-state index contributed by atoms with van der Waals surface area (Å²) in [5, 5.41) is 7.37. The van der Waals surface area contributed by atoms with Gasteiger partial charge in [0.1, 0.15) is 5.82 Å². The molecule has 3 fully saturated rings. The molecule has 0 radical (unpaired) electrons. The third kappa shape index (κ3) is 5.51. The van der Waals surface area contributed by atoms with Crippen LogP contribution in [0, 0.1) is 18.8 Å². The van der Waals surface area contributed by atoms with Crippen molar-refractivity contribution >= 4 is 35.8 Å². The molecular formula is C22H36IN5. The summed E-state index contributed by atoms with van der Waals surface area (Å²) in [6.45, 7) is 4.17. The Morgan fingerprint density at radius 1 is 1.07 bits per heavy atom. The lowest BCUT2D eigenvalue weighted by Crippen LogP contribution is -2.49. The third-order valence-corrected chi connectivity index (χ3v) is 6.67. The fourth-order valence-corrected chi connectivity index (χ4v) is 4.96. The largest absolute Gasteiger partial charge is 0.356 e. The van der Waals surface area contributed by atoms with E-state index >= 15 is 0 Å². The molecule has 2 aliphatic carbocycles. The molecule has 2 atom stereocenters. The number of aromatic nitrogens is 1. The smallest absolute Gasteiger partial charge is 0.191 e. The van der Waals surface area contributed by atoms with Gasteiger partial charge in [0.05, 0.1) is 0 Å². The van der Waals surface area contributed by atoms with Crippen LogP contribution in [0.3, 0.4) is 0 Å². The number of halogens is 1. The molecule has 0 spiro atoms. The Labute approximate surface area is 187 Å². The van der Waals surface area contributed by atoms with Gasteiger partial charge < -0.3 is 15.5 Å².